The van der Waals surface area contributed by atoms with Gasteiger partial charge in [-0.3, -0.25) is 0 Å². The SMILES string of the molecule is CCC(O[Si](C)(C)C)(c1cc(F)c(I)c(C(=O)OC(C)(C)C)c1)C1CCOCC1. The van der Waals surface area contributed by atoms with Gasteiger partial charge in [-0.15, -0.1) is 0 Å². The van der Waals surface area contributed by atoms with E-state index in [1.165, 1.54) is 0 Å². The maximum atomic E-state index is 15.0. The second kappa shape index (κ2) is 9.32. The van der Waals surface area contributed by atoms with Crippen molar-refractivity contribution in [2.45, 2.75) is 77.8 Å². The van der Waals surface area contributed by atoms with E-state index >= 15 is 4.39 Å². The van der Waals surface area contributed by atoms with E-state index in [9.17, 15) is 4.79 Å². The molecular formula is C22H34FIO4Si. The lowest BCUT2D eigenvalue weighted by atomic mass is 9.75. The van der Waals surface area contributed by atoms with Crippen LogP contribution < -0.4 is 0 Å². The Labute approximate surface area is 189 Å². The second-order valence-corrected chi connectivity index (χ2v) is 15.2. The van der Waals surface area contributed by atoms with E-state index in [0.29, 0.717) is 19.6 Å². The first-order valence-electron chi connectivity index (χ1n) is 10.3. The first-order chi connectivity index (χ1) is 13.3. The minimum atomic E-state index is -1.98. The highest BCUT2D eigenvalue weighted by Crippen LogP contribution is 2.45. The number of carbonyl (C=O) groups is 1. The van der Waals surface area contributed by atoms with Gasteiger partial charge < -0.3 is 13.9 Å². The van der Waals surface area contributed by atoms with Crippen LogP contribution in [0.2, 0.25) is 19.6 Å². The molecule has 2 rings (SSSR count). The largest absolute Gasteiger partial charge is 0.456 e. The first kappa shape index (κ1) is 24.8. The highest BCUT2D eigenvalue weighted by atomic mass is 127. The Kier molecular flexibility index (Phi) is 7.96. The number of halogens is 2. The smallest absolute Gasteiger partial charge is 0.339 e. The molecule has 0 aliphatic carbocycles. The molecule has 1 heterocycles. The predicted octanol–water partition coefficient (Wildman–Crippen LogP) is 6.27. The summed E-state index contributed by atoms with van der Waals surface area (Å²) in [7, 11) is -1.98. The Morgan fingerprint density at radius 2 is 1.83 bits per heavy atom. The maximum Gasteiger partial charge on any atom is 0.339 e. The van der Waals surface area contributed by atoms with Crippen molar-refractivity contribution in [1.82, 2.24) is 0 Å². The zero-order valence-electron chi connectivity index (χ0n) is 18.7. The van der Waals surface area contributed by atoms with Crippen LogP contribution in [0.3, 0.4) is 0 Å². The molecule has 0 radical (unpaired) electrons. The van der Waals surface area contributed by atoms with E-state index < -0.39 is 31.3 Å². The van der Waals surface area contributed by atoms with Crippen molar-refractivity contribution in [2.24, 2.45) is 5.92 Å². The zero-order chi connectivity index (χ0) is 22.0. The number of hydrogen-bond acceptors (Lipinski definition) is 4. The number of carbonyl (C=O) groups excluding carboxylic acids is 1. The third-order valence-electron chi connectivity index (χ3n) is 5.03. The van der Waals surface area contributed by atoms with Crippen molar-refractivity contribution in [1.29, 1.82) is 0 Å². The van der Waals surface area contributed by atoms with Crippen molar-refractivity contribution in [2.75, 3.05) is 13.2 Å². The number of hydrogen-bond donors (Lipinski definition) is 0. The average Bonchev–Trinajstić information content (AvgIpc) is 2.60. The van der Waals surface area contributed by atoms with Crippen LogP contribution in [0.5, 0.6) is 0 Å². The molecule has 0 N–H and O–H groups in total. The predicted molar refractivity (Wildman–Crippen MR) is 124 cm³/mol. The molecule has 1 aliphatic heterocycles. The molecule has 0 amide bonds. The Bertz CT molecular complexity index is 736. The average molecular weight is 536 g/mol. The number of ether oxygens (including phenoxy) is 2. The minimum Gasteiger partial charge on any atom is -0.456 e. The van der Waals surface area contributed by atoms with E-state index in [1.54, 1.807) is 12.1 Å². The van der Waals surface area contributed by atoms with E-state index in [4.69, 9.17) is 13.9 Å². The third-order valence-corrected chi connectivity index (χ3v) is 7.10. The summed E-state index contributed by atoms with van der Waals surface area (Å²) < 4.78 is 33.2. The van der Waals surface area contributed by atoms with Crippen LogP contribution in [0.4, 0.5) is 4.39 Å². The lowest BCUT2D eigenvalue weighted by Crippen LogP contribution is -2.47. The van der Waals surface area contributed by atoms with Gasteiger partial charge in [-0.2, -0.15) is 0 Å². The van der Waals surface area contributed by atoms with Gasteiger partial charge in [0.25, 0.3) is 0 Å². The van der Waals surface area contributed by atoms with Crippen molar-refractivity contribution in [3.8, 4) is 0 Å². The van der Waals surface area contributed by atoms with Gasteiger partial charge in [0.15, 0.2) is 8.32 Å². The minimum absolute atomic E-state index is 0.207. The monoisotopic (exact) mass is 536 g/mol. The summed E-state index contributed by atoms with van der Waals surface area (Å²) in [6.07, 6.45) is 2.41. The summed E-state index contributed by atoms with van der Waals surface area (Å²) in [5.41, 5.74) is -0.298. The quantitative estimate of drug-likeness (QED) is 0.244. The highest BCUT2D eigenvalue weighted by Gasteiger charge is 2.44. The molecule has 1 unspecified atom stereocenters. The molecule has 0 aromatic heterocycles. The van der Waals surface area contributed by atoms with Gasteiger partial charge in [-0.05, 0) is 106 Å². The second-order valence-electron chi connectivity index (χ2n) is 9.67. The molecule has 1 atom stereocenters. The molecule has 0 bridgehead atoms. The van der Waals surface area contributed by atoms with Crippen LogP contribution in [0.1, 0.15) is 62.9 Å². The van der Waals surface area contributed by atoms with Crippen LogP contribution in [-0.2, 0) is 19.5 Å². The van der Waals surface area contributed by atoms with E-state index in [-0.39, 0.29) is 15.1 Å². The fraction of sp³-hybridized carbons (Fsp3) is 0.682. The van der Waals surface area contributed by atoms with Gasteiger partial charge in [-0.25, -0.2) is 9.18 Å². The highest BCUT2D eigenvalue weighted by molar-refractivity contribution is 14.1. The molecule has 1 aliphatic rings. The molecule has 0 spiro atoms. The molecule has 1 saturated heterocycles. The van der Waals surface area contributed by atoms with Crippen molar-refractivity contribution in [3.63, 3.8) is 0 Å². The van der Waals surface area contributed by atoms with E-state index in [0.717, 1.165) is 18.4 Å². The molecule has 0 saturated carbocycles. The molecule has 29 heavy (non-hydrogen) atoms. The van der Waals surface area contributed by atoms with Gasteiger partial charge in [0.05, 0.1) is 14.7 Å². The van der Waals surface area contributed by atoms with Crippen molar-refractivity contribution in [3.05, 3.63) is 32.6 Å². The normalized spacial score (nSPS) is 18.4. The molecule has 7 heteroatoms. The summed E-state index contributed by atoms with van der Waals surface area (Å²) in [6.45, 7) is 15.3. The first-order valence-corrected chi connectivity index (χ1v) is 14.8. The van der Waals surface area contributed by atoms with Gasteiger partial charge in [0.2, 0.25) is 0 Å². The zero-order valence-corrected chi connectivity index (χ0v) is 21.8. The van der Waals surface area contributed by atoms with Gasteiger partial charge in [0, 0.05) is 13.2 Å². The number of esters is 1. The molecule has 1 aromatic rings. The maximum absolute atomic E-state index is 15.0. The molecule has 4 nitrogen and oxygen atoms in total. The molecular weight excluding hydrogens is 502 g/mol. The Morgan fingerprint density at radius 1 is 1.24 bits per heavy atom. The molecule has 1 fully saturated rings. The molecule has 1 aromatic carbocycles. The number of rotatable bonds is 6. The summed E-state index contributed by atoms with van der Waals surface area (Å²) >= 11 is 1.88. The summed E-state index contributed by atoms with van der Waals surface area (Å²) in [5, 5.41) is 0. The Balaban J connectivity index is 2.62. The Hall–Kier alpha value is -0.513. The van der Waals surface area contributed by atoms with Crippen LogP contribution in [-0.4, -0.2) is 33.1 Å². The topological polar surface area (TPSA) is 44.8 Å². The van der Waals surface area contributed by atoms with Crippen molar-refractivity contribution >= 4 is 36.9 Å². The van der Waals surface area contributed by atoms with Crippen molar-refractivity contribution < 1.29 is 23.1 Å². The summed E-state index contributed by atoms with van der Waals surface area (Å²) in [4.78, 5) is 12.8. The summed E-state index contributed by atoms with van der Waals surface area (Å²) in [5.74, 6) is -0.709. The number of benzene rings is 1. The summed E-state index contributed by atoms with van der Waals surface area (Å²) in [6, 6.07) is 3.34. The lowest BCUT2D eigenvalue weighted by Gasteiger charge is -2.46. The van der Waals surface area contributed by atoms with Gasteiger partial charge in [-0.1, -0.05) is 6.92 Å². The van der Waals surface area contributed by atoms with Crippen LogP contribution >= 0.6 is 22.6 Å². The fourth-order valence-corrected chi connectivity index (χ4v) is 6.02. The Morgan fingerprint density at radius 3 is 2.31 bits per heavy atom. The standard InChI is InChI=1S/C22H34FIO4Si/c1-8-22(28-29(5,6)7,15-9-11-26-12-10-15)16-13-17(19(24)18(23)14-16)20(25)27-21(2,3)4/h13-15H,8-12H2,1-7H3. The van der Waals surface area contributed by atoms with Gasteiger partial charge >= 0.3 is 5.97 Å². The van der Waals surface area contributed by atoms with E-state index in [1.807, 2.05) is 43.4 Å². The van der Waals surface area contributed by atoms with Gasteiger partial charge in [0.1, 0.15) is 11.4 Å². The lowest BCUT2D eigenvalue weighted by molar-refractivity contribution is -0.0601. The van der Waals surface area contributed by atoms with Crippen LogP contribution in [0.25, 0.3) is 0 Å². The third kappa shape index (κ3) is 6.24. The molecule has 164 valence electrons. The van der Waals surface area contributed by atoms with E-state index in [2.05, 4.69) is 26.6 Å². The van der Waals surface area contributed by atoms with Crippen LogP contribution in [0, 0.1) is 15.3 Å². The van der Waals surface area contributed by atoms with Crippen LogP contribution in [0.15, 0.2) is 12.1 Å². The fourth-order valence-electron chi connectivity index (χ4n) is 3.97.